The molecule has 112 valence electrons. The smallest absolute Gasteiger partial charge is 0.350 e. The number of anilines is 1. The molecule has 1 fully saturated rings. The summed E-state index contributed by atoms with van der Waals surface area (Å²) < 4.78 is 10.7. The molecule has 0 aliphatic carbocycles. The fourth-order valence-electron chi connectivity index (χ4n) is 2.37. The molecule has 1 aliphatic heterocycles. The van der Waals surface area contributed by atoms with Gasteiger partial charge in [-0.15, -0.1) is 0 Å². The number of carbonyl (C=O) groups excluding carboxylic acids is 1. The van der Waals surface area contributed by atoms with Gasteiger partial charge < -0.3 is 14.8 Å². The maximum atomic E-state index is 11.8. The van der Waals surface area contributed by atoms with E-state index in [0.29, 0.717) is 17.5 Å². The Balaban J connectivity index is 2.03. The fourth-order valence-corrected chi connectivity index (χ4v) is 3.31. The average Bonchev–Trinajstić information content (AvgIpc) is 2.69. The quantitative estimate of drug-likeness (QED) is 0.866. The van der Waals surface area contributed by atoms with Crippen molar-refractivity contribution in [3.8, 4) is 0 Å². The minimum absolute atomic E-state index is 0.105. The lowest BCUT2D eigenvalue weighted by atomic mass is 9.94. The number of nitrogens with zero attached hydrogens (tertiary/aromatic N) is 1. The lowest BCUT2D eigenvalue weighted by Gasteiger charge is -2.35. The summed E-state index contributed by atoms with van der Waals surface area (Å²) in [5, 5.41) is 4.20. The Morgan fingerprint density at radius 2 is 2.35 bits per heavy atom. The van der Waals surface area contributed by atoms with Crippen molar-refractivity contribution in [3.05, 3.63) is 10.6 Å². The zero-order chi connectivity index (χ0) is 14.8. The molecular formula is C14H22N2O3S. The van der Waals surface area contributed by atoms with Gasteiger partial charge in [-0.25, -0.2) is 9.78 Å². The first-order valence-electron chi connectivity index (χ1n) is 6.96. The van der Waals surface area contributed by atoms with Crippen molar-refractivity contribution in [1.29, 1.82) is 0 Å². The predicted octanol–water partition coefficient (Wildman–Crippen LogP) is 3.00. The lowest BCUT2D eigenvalue weighted by Crippen LogP contribution is -2.40. The highest BCUT2D eigenvalue weighted by Gasteiger charge is 2.29. The molecule has 1 saturated heterocycles. The molecule has 0 bridgehead atoms. The monoisotopic (exact) mass is 298 g/mol. The van der Waals surface area contributed by atoms with Gasteiger partial charge in [0.2, 0.25) is 0 Å². The third kappa shape index (κ3) is 3.70. The van der Waals surface area contributed by atoms with Crippen molar-refractivity contribution < 1.29 is 14.3 Å². The molecule has 5 nitrogen and oxygen atoms in total. The first kappa shape index (κ1) is 15.3. The number of hydrogen-bond donors (Lipinski definition) is 1. The van der Waals surface area contributed by atoms with E-state index in [0.717, 1.165) is 30.3 Å². The van der Waals surface area contributed by atoms with E-state index < -0.39 is 0 Å². The number of nitrogens with one attached hydrogen (secondary N) is 1. The van der Waals surface area contributed by atoms with E-state index in [2.05, 4.69) is 24.1 Å². The Kier molecular flexibility index (Phi) is 4.65. The van der Waals surface area contributed by atoms with E-state index in [1.165, 1.54) is 11.3 Å². The highest BCUT2D eigenvalue weighted by Crippen LogP contribution is 2.29. The number of rotatable bonds is 4. The van der Waals surface area contributed by atoms with Crippen LogP contribution in [0.4, 0.5) is 5.13 Å². The molecule has 0 amide bonds. The van der Waals surface area contributed by atoms with E-state index in [-0.39, 0.29) is 11.6 Å². The minimum Gasteiger partial charge on any atom is -0.462 e. The van der Waals surface area contributed by atoms with Crippen LogP contribution in [0.15, 0.2) is 0 Å². The van der Waals surface area contributed by atoms with Crippen molar-refractivity contribution in [1.82, 2.24) is 4.98 Å². The number of esters is 1. The lowest BCUT2D eigenvalue weighted by molar-refractivity contribution is -0.0553. The van der Waals surface area contributed by atoms with E-state index >= 15 is 0 Å². The molecule has 6 heteroatoms. The molecule has 1 aromatic heterocycles. The van der Waals surface area contributed by atoms with Gasteiger partial charge in [-0.05, 0) is 40.5 Å². The number of aryl methyl sites for hydroxylation is 1. The molecule has 2 heterocycles. The summed E-state index contributed by atoms with van der Waals surface area (Å²) in [6, 6.07) is 0.333. The standard InChI is InChI=1S/C14H22N2O3S/c1-5-18-12(17)11-9(2)15-13(20-11)16-10-6-7-19-14(3,4)8-10/h10H,5-8H2,1-4H3,(H,15,16)/t10-/m1/s1. The molecule has 1 N–H and O–H groups in total. The van der Waals surface area contributed by atoms with Gasteiger partial charge in [0, 0.05) is 12.6 Å². The Morgan fingerprint density at radius 3 is 3.00 bits per heavy atom. The summed E-state index contributed by atoms with van der Waals surface area (Å²) in [6.45, 7) is 8.96. The van der Waals surface area contributed by atoms with Gasteiger partial charge in [0.25, 0.3) is 0 Å². The van der Waals surface area contributed by atoms with Crippen molar-refractivity contribution >= 4 is 22.4 Å². The van der Waals surface area contributed by atoms with Crippen molar-refractivity contribution in [2.45, 2.75) is 52.2 Å². The summed E-state index contributed by atoms with van der Waals surface area (Å²) in [5.74, 6) is -0.289. The summed E-state index contributed by atoms with van der Waals surface area (Å²) in [5.41, 5.74) is 0.619. The summed E-state index contributed by atoms with van der Waals surface area (Å²) >= 11 is 1.36. The topological polar surface area (TPSA) is 60.5 Å². The molecule has 0 spiro atoms. The molecule has 1 aliphatic rings. The minimum atomic E-state index is -0.289. The number of aromatic nitrogens is 1. The Labute approximate surface area is 123 Å². The first-order chi connectivity index (χ1) is 9.41. The maximum Gasteiger partial charge on any atom is 0.350 e. The molecule has 1 aromatic rings. The molecule has 0 radical (unpaired) electrons. The zero-order valence-corrected chi connectivity index (χ0v) is 13.3. The second-order valence-corrected chi connectivity index (χ2v) is 6.60. The number of ether oxygens (including phenoxy) is 2. The van der Waals surface area contributed by atoms with Crippen LogP contribution in [0.25, 0.3) is 0 Å². The summed E-state index contributed by atoms with van der Waals surface area (Å²) in [4.78, 5) is 16.8. The largest absolute Gasteiger partial charge is 0.462 e. The third-order valence-corrected chi connectivity index (χ3v) is 4.35. The molecule has 2 rings (SSSR count). The van der Waals surface area contributed by atoms with Crippen molar-refractivity contribution in [2.75, 3.05) is 18.5 Å². The first-order valence-corrected chi connectivity index (χ1v) is 7.78. The van der Waals surface area contributed by atoms with Gasteiger partial charge in [-0.3, -0.25) is 0 Å². The summed E-state index contributed by atoms with van der Waals surface area (Å²) in [6.07, 6.45) is 1.89. The summed E-state index contributed by atoms with van der Waals surface area (Å²) in [7, 11) is 0. The van der Waals surface area contributed by atoms with Gasteiger partial charge in [0.15, 0.2) is 5.13 Å². The normalized spacial score (nSPS) is 21.5. The number of carbonyl (C=O) groups is 1. The van der Waals surface area contributed by atoms with Crippen LogP contribution in [0.5, 0.6) is 0 Å². The fraction of sp³-hybridized carbons (Fsp3) is 0.714. The molecule has 1 atom stereocenters. The Bertz CT molecular complexity index is 485. The molecule has 0 aromatic carbocycles. The highest BCUT2D eigenvalue weighted by molar-refractivity contribution is 7.17. The highest BCUT2D eigenvalue weighted by atomic mass is 32.1. The molecular weight excluding hydrogens is 276 g/mol. The van der Waals surface area contributed by atoms with Crippen LogP contribution in [0.1, 0.15) is 49.0 Å². The van der Waals surface area contributed by atoms with Crippen LogP contribution < -0.4 is 5.32 Å². The Morgan fingerprint density at radius 1 is 1.60 bits per heavy atom. The third-order valence-electron chi connectivity index (χ3n) is 3.28. The van der Waals surface area contributed by atoms with Crippen molar-refractivity contribution in [3.63, 3.8) is 0 Å². The number of thiazole rings is 1. The average molecular weight is 298 g/mol. The molecule has 20 heavy (non-hydrogen) atoms. The maximum absolute atomic E-state index is 11.8. The van der Waals surface area contributed by atoms with E-state index in [1.807, 2.05) is 6.92 Å². The van der Waals surface area contributed by atoms with Gasteiger partial charge in [-0.1, -0.05) is 11.3 Å². The van der Waals surface area contributed by atoms with Crippen LogP contribution in [0.2, 0.25) is 0 Å². The van der Waals surface area contributed by atoms with Crippen LogP contribution in [-0.2, 0) is 9.47 Å². The van der Waals surface area contributed by atoms with Gasteiger partial charge in [-0.2, -0.15) is 0 Å². The molecule has 0 unspecified atom stereocenters. The Hall–Kier alpha value is -1.14. The van der Waals surface area contributed by atoms with Crippen LogP contribution in [0.3, 0.4) is 0 Å². The van der Waals surface area contributed by atoms with Crippen LogP contribution in [-0.4, -0.2) is 35.8 Å². The second kappa shape index (κ2) is 6.10. The van der Waals surface area contributed by atoms with Crippen LogP contribution >= 0.6 is 11.3 Å². The van der Waals surface area contributed by atoms with Gasteiger partial charge >= 0.3 is 5.97 Å². The van der Waals surface area contributed by atoms with Gasteiger partial charge in [0.05, 0.1) is 17.9 Å². The van der Waals surface area contributed by atoms with Gasteiger partial charge in [0.1, 0.15) is 4.88 Å². The van der Waals surface area contributed by atoms with E-state index in [9.17, 15) is 4.79 Å². The zero-order valence-electron chi connectivity index (χ0n) is 12.5. The second-order valence-electron chi connectivity index (χ2n) is 5.60. The van der Waals surface area contributed by atoms with Crippen molar-refractivity contribution in [2.24, 2.45) is 0 Å². The molecule has 0 saturated carbocycles. The predicted molar refractivity (Wildman–Crippen MR) is 79.5 cm³/mol. The SMILES string of the molecule is CCOC(=O)c1sc(N[C@@H]2CCOC(C)(C)C2)nc1C. The van der Waals surface area contributed by atoms with Crippen LogP contribution in [0, 0.1) is 6.92 Å². The van der Waals surface area contributed by atoms with E-state index in [4.69, 9.17) is 9.47 Å². The number of hydrogen-bond acceptors (Lipinski definition) is 6. The van der Waals surface area contributed by atoms with E-state index in [1.54, 1.807) is 6.92 Å².